The van der Waals surface area contributed by atoms with Crippen molar-refractivity contribution in [2.24, 2.45) is 0 Å². The van der Waals surface area contributed by atoms with Gasteiger partial charge in [0.25, 0.3) is 0 Å². The molecule has 0 bridgehead atoms. The number of hydrogen-bond acceptors (Lipinski definition) is 2. The van der Waals surface area contributed by atoms with Gasteiger partial charge in [-0.3, -0.25) is 0 Å². The van der Waals surface area contributed by atoms with E-state index >= 15 is 0 Å². The largest absolute Gasteiger partial charge is 0.204 e. The highest BCUT2D eigenvalue weighted by molar-refractivity contribution is 7.27. The van der Waals surface area contributed by atoms with E-state index in [4.69, 9.17) is 0 Å². The second-order valence-corrected chi connectivity index (χ2v) is 7.74. The van der Waals surface area contributed by atoms with E-state index in [1.165, 1.54) is 46.9 Å². The van der Waals surface area contributed by atoms with Crippen LogP contribution in [-0.4, -0.2) is 0 Å². The van der Waals surface area contributed by atoms with Crippen LogP contribution in [0.3, 0.4) is 0 Å². The fourth-order valence-electron chi connectivity index (χ4n) is 3.03. The Morgan fingerprint density at radius 1 is 0.417 bits per heavy atom. The van der Waals surface area contributed by atoms with Gasteiger partial charge in [-0.25, -0.2) is 17.6 Å². The molecule has 0 fully saturated rings. The smallest absolute Gasteiger partial charge is 0.160 e. The van der Waals surface area contributed by atoms with Gasteiger partial charge in [-0.1, -0.05) is 0 Å². The molecule has 2 aromatic heterocycles. The molecule has 0 saturated carbocycles. The molecule has 0 N–H and O–H groups in total. The average Bonchev–Trinajstić information content (AvgIpc) is 3.04. The van der Waals surface area contributed by atoms with Gasteiger partial charge in [0.1, 0.15) is 0 Å². The Bertz CT molecular complexity index is 1200. The highest BCUT2D eigenvalue weighted by Crippen LogP contribution is 2.42. The van der Waals surface area contributed by atoms with Gasteiger partial charge in [-0.15, -0.1) is 22.7 Å². The normalized spacial score (nSPS) is 12.2. The Morgan fingerprint density at radius 2 is 0.708 bits per heavy atom. The van der Waals surface area contributed by atoms with Gasteiger partial charge in [0.15, 0.2) is 23.3 Å². The molecule has 2 heterocycles. The fraction of sp³-hybridized carbons (Fsp3) is 0. The summed E-state index contributed by atoms with van der Waals surface area (Å²) >= 11 is 2.70. The van der Waals surface area contributed by atoms with Crippen molar-refractivity contribution < 1.29 is 17.6 Å². The van der Waals surface area contributed by atoms with E-state index in [0.717, 1.165) is 20.2 Å². The molecule has 0 spiro atoms. The Balaban J connectivity index is 1.95. The van der Waals surface area contributed by atoms with Crippen LogP contribution in [0.5, 0.6) is 0 Å². The predicted molar refractivity (Wildman–Crippen MR) is 92.1 cm³/mol. The summed E-state index contributed by atoms with van der Waals surface area (Å²) in [6, 6.07) is 8.53. The van der Waals surface area contributed by atoms with Gasteiger partial charge < -0.3 is 0 Å². The molecular formula is C18H6F4S2. The third-order valence-corrected chi connectivity index (χ3v) is 6.38. The van der Waals surface area contributed by atoms with E-state index in [-0.39, 0.29) is 0 Å². The molecule has 24 heavy (non-hydrogen) atoms. The summed E-state index contributed by atoms with van der Waals surface area (Å²) in [6.45, 7) is 0. The number of fused-ring (bicyclic) bond motifs is 6. The van der Waals surface area contributed by atoms with Crippen molar-refractivity contribution in [1.29, 1.82) is 0 Å². The maximum absolute atomic E-state index is 13.6. The Morgan fingerprint density at radius 3 is 1.12 bits per heavy atom. The van der Waals surface area contributed by atoms with Crippen LogP contribution in [0, 0.1) is 23.3 Å². The maximum Gasteiger partial charge on any atom is 0.160 e. The van der Waals surface area contributed by atoms with Crippen molar-refractivity contribution in [2.45, 2.75) is 0 Å². The molecule has 118 valence electrons. The third kappa shape index (κ3) is 1.84. The minimum Gasteiger partial charge on any atom is -0.204 e. The predicted octanol–water partition coefficient (Wildman–Crippen LogP) is 6.98. The number of hydrogen-bond donors (Lipinski definition) is 0. The zero-order chi connectivity index (χ0) is 16.6. The fourth-order valence-corrected chi connectivity index (χ4v) is 5.30. The number of thiophene rings is 2. The monoisotopic (exact) mass is 362 g/mol. The average molecular weight is 362 g/mol. The van der Waals surface area contributed by atoms with Crippen LogP contribution in [0.15, 0.2) is 36.4 Å². The van der Waals surface area contributed by atoms with Gasteiger partial charge in [-0.2, -0.15) is 0 Å². The minimum atomic E-state index is -0.886. The van der Waals surface area contributed by atoms with Crippen LogP contribution < -0.4 is 0 Å². The molecule has 5 rings (SSSR count). The van der Waals surface area contributed by atoms with Crippen molar-refractivity contribution in [1.82, 2.24) is 0 Å². The molecule has 0 saturated heterocycles. The SMILES string of the molecule is Fc1cc2sc3cc4c(cc3c2cc1F)sc1cc(F)c(F)cc14. The van der Waals surface area contributed by atoms with Crippen molar-refractivity contribution in [3.63, 3.8) is 0 Å². The standard InChI is InChI=1S/C18H6F4S2/c19-11-1-7-9-3-16-10(4-15(9)23-17(7)5-13(11)21)8-2-12(20)14(22)6-18(8)24-16/h1-6H. The zero-order valence-electron chi connectivity index (χ0n) is 11.8. The second-order valence-electron chi connectivity index (χ2n) is 5.57. The number of benzene rings is 3. The van der Waals surface area contributed by atoms with Gasteiger partial charge in [-0.05, 0) is 36.4 Å². The second kappa shape index (κ2) is 4.68. The molecule has 0 aliphatic heterocycles. The van der Waals surface area contributed by atoms with Crippen LogP contribution in [0.2, 0.25) is 0 Å². The molecule has 0 aliphatic carbocycles. The number of rotatable bonds is 0. The molecular weight excluding hydrogens is 356 g/mol. The van der Waals surface area contributed by atoms with Gasteiger partial charge in [0.05, 0.1) is 0 Å². The summed E-state index contributed by atoms with van der Waals surface area (Å²) in [5.74, 6) is -3.52. The van der Waals surface area contributed by atoms with E-state index in [1.807, 2.05) is 12.1 Å². The molecule has 0 atom stereocenters. The highest BCUT2D eigenvalue weighted by atomic mass is 32.1. The quantitative estimate of drug-likeness (QED) is 0.261. The zero-order valence-corrected chi connectivity index (χ0v) is 13.4. The first-order valence-electron chi connectivity index (χ1n) is 7.04. The van der Waals surface area contributed by atoms with Gasteiger partial charge >= 0.3 is 0 Å². The molecule has 6 heteroatoms. The topological polar surface area (TPSA) is 0 Å². The maximum atomic E-state index is 13.6. The molecule has 5 aromatic rings. The minimum absolute atomic E-state index is 0.644. The van der Waals surface area contributed by atoms with Crippen LogP contribution in [0.4, 0.5) is 17.6 Å². The van der Waals surface area contributed by atoms with Gasteiger partial charge in [0.2, 0.25) is 0 Å². The lowest BCUT2D eigenvalue weighted by atomic mass is 10.1. The van der Waals surface area contributed by atoms with Crippen LogP contribution in [0.25, 0.3) is 40.3 Å². The highest BCUT2D eigenvalue weighted by Gasteiger charge is 2.15. The lowest BCUT2D eigenvalue weighted by Gasteiger charge is -1.96. The molecule has 0 nitrogen and oxygen atoms in total. The van der Waals surface area contributed by atoms with E-state index in [2.05, 4.69) is 0 Å². The summed E-state index contributed by atoms with van der Waals surface area (Å²) < 4.78 is 57.1. The van der Waals surface area contributed by atoms with Crippen LogP contribution in [-0.2, 0) is 0 Å². The summed E-state index contributed by atoms with van der Waals surface area (Å²) in [7, 11) is 0. The summed E-state index contributed by atoms with van der Waals surface area (Å²) in [5.41, 5.74) is 0. The van der Waals surface area contributed by atoms with Crippen LogP contribution in [0.1, 0.15) is 0 Å². The summed E-state index contributed by atoms with van der Waals surface area (Å²) in [6.07, 6.45) is 0. The van der Waals surface area contributed by atoms with Gasteiger partial charge in [0, 0.05) is 40.3 Å². The first-order chi connectivity index (χ1) is 11.5. The molecule has 0 aliphatic rings. The third-order valence-electron chi connectivity index (χ3n) is 4.15. The Hall–Kier alpha value is -2.18. The van der Waals surface area contributed by atoms with E-state index in [0.29, 0.717) is 20.2 Å². The molecule has 0 radical (unpaired) electrons. The Kier molecular flexibility index (Phi) is 2.76. The van der Waals surface area contributed by atoms with E-state index in [1.54, 1.807) is 0 Å². The van der Waals surface area contributed by atoms with Crippen molar-refractivity contribution >= 4 is 63.0 Å². The van der Waals surface area contributed by atoms with Crippen molar-refractivity contribution in [3.05, 3.63) is 59.7 Å². The van der Waals surface area contributed by atoms with Crippen LogP contribution >= 0.6 is 22.7 Å². The lowest BCUT2D eigenvalue weighted by molar-refractivity contribution is 0.511. The van der Waals surface area contributed by atoms with Crippen molar-refractivity contribution in [2.75, 3.05) is 0 Å². The Labute approximate surface area is 140 Å². The first kappa shape index (κ1) is 14.2. The lowest BCUT2D eigenvalue weighted by Crippen LogP contribution is -1.81. The summed E-state index contributed by atoms with van der Waals surface area (Å²) in [4.78, 5) is 0. The van der Waals surface area contributed by atoms with E-state index < -0.39 is 23.3 Å². The summed E-state index contributed by atoms with van der Waals surface area (Å²) in [5, 5.41) is 2.92. The molecule has 0 amide bonds. The molecule has 0 unspecified atom stereocenters. The molecule has 3 aromatic carbocycles. The number of halogens is 4. The van der Waals surface area contributed by atoms with E-state index in [9.17, 15) is 17.6 Å². The first-order valence-corrected chi connectivity index (χ1v) is 8.67. The van der Waals surface area contributed by atoms with Crippen molar-refractivity contribution in [3.8, 4) is 0 Å².